The lowest BCUT2D eigenvalue weighted by Gasteiger charge is -2.06. The van der Waals surface area contributed by atoms with Gasteiger partial charge < -0.3 is 4.74 Å². The molecule has 2 aromatic carbocycles. The zero-order chi connectivity index (χ0) is 17.2. The molecule has 4 nitrogen and oxygen atoms in total. The Balaban J connectivity index is 1.85. The minimum atomic E-state index is -0.394. The summed E-state index contributed by atoms with van der Waals surface area (Å²) >= 11 is 0. The molecule has 0 aliphatic rings. The summed E-state index contributed by atoms with van der Waals surface area (Å²) in [5.74, 6) is 0.888. The van der Waals surface area contributed by atoms with E-state index in [1.807, 2.05) is 36.4 Å². The van der Waals surface area contributed by atoms with E-state index in [-0.39, 0.29) is 5.69 Å². The van der Waals surface area contributed by atoms with Crippen molar-refractivity contribution in [3.63, 3.8) is 0 Å². The first-order valence-corrected chi connectivity index (χ1v) is 8.34. The minimum absolute atomic E-state index is 0.104. The van der Waals surface area contributed by atoms with Gasteiger partial charge in [-0.15, -0.1) is 0 Å². The molecule has 0 saturated carbocycles. The highest BCUT2D eigenvalue weighted by Gasteiger charge is 2.02. The van der Waals surface area contributed by atoms with Crippen molar-refractivity contribution in [2.75, 3.05) is 6.61 Å². The minimum Gasteiger partial charge on any atom is -0.494 e. The number of hydrogen-bond donors (Lipinski definition) is 0. The van der Waals surface area contributed by atoms with E-state index in [0.717, 1.165) is 29.9 Å². The molecular weight excluding hydrogens is 302 g/mol. The fourth-order valence-electron chi connectivity index (χ4n) is 2.29. The number of ether oxygens (including phenoxy) is 1. The molecule has 2 aromatic rings. The molecule has 0 atom stereocenters. The highest BCUT2D eigenvalue weighted by molar-refractivity contribution is 5.70. The molecule has 4 heteroatoms. The van der Waals surface area contributed by atoms with E-state index in [1.54, 1.807) is 12.1 Å². The SMILES string of the molecule is CCCCCCOc1ccc(C=Cc2ccc([N+](=O)[O-])cc2)cc1. The summed E-state index contributed by atoms with van der Waals surface area (Å²) in [5.41, 5.74) is 2.09. The van der Waals surface area contributed by atoms with Crippen molar-refractivity contribution in [3.05, 3.63) is 69.8 Å². The number of nitro benzene ring substituents is 1. The average Bonchev–Trinajstić information content (AvgIpc) is 2.61. The molecule has 0 saturated heterocycles. The van der Waals surface area contributed by atoms with E-state index in [9.17, 15) is 10.1 Å². The van der Waals surface area contributed by atoms with Crippen LogP contribution in [0.2, 0.25) is 0 Å². The summed E-state index contributed by atoms with van der Waals surface area (Å²) in [6.45, 7) is 2.96. The van der Waals surface area contributed by atoms with Crippen LogP contribution in [0.3, 0.4) is 0 Å². The Morgan fingerprint density at radius 3 is 2.04 bits per heavy atom. The third kappa shape index (κ3) is 5.88. The molecule has 0 aliphatic heterocycles. The first-order valence-electron chi connectivity index (χ1n) is 8.34. The van der Waals surface area contributed by atoms with Crippen LogP contribution in [0.1, 0.15) is 43.7 Å². The molecule has 126 valence electrons. The molecule has 0 fully saturated rings. The van der Waals surface area contributed by atoms with Gasteiger partial charge in [0, 0.05) is 12.1 Å². The largest absolute Gasteiger partial charge is 0.494 e. The third-order valence-corrected chi connectivity index (χ3v) is 3.72. The maximum Gasteiger partial charge on any atom is 0.269 e. The van der Waals surface area contributed by atoms with E-state index in [1.165, 1.54) is 31.4 Å². The normalized spacial score (nSPS) is 10.9. The van der Waals surface area contributed by atoms with E-state index in [0.29, 0.717) is 0 Å². The molecule has 0 unspecified atom stereocenters. The lowest BCUT2D eigenvalue weighted by molar-refractivity contribution is -0.384. The second-order valence-electron chi connectivity index (χ2n) is 5.66. The van der Waals surface area contributed by atoms with Gasteiger partial charge in [-0.25, -0.2) is 0 Å². The zero-order valence-electron chi connectivity index (χ0n) is 14.0. The van der Waals surface area contributed by atoms with Crippen LogP contribution in [-0.4, -0.2) is 11.5 Å². The number of non-ortho nitro benzene ring substituents is 1. The highest BCUT2D eigenvalue weighted by Crippen LogP contribution is 2.17. The standard InChI is InChI=1S/C20H23NO3/c1-2-3-4-5-16-24-20-14-10-18(11-15-20)7-6-17-8-12-19(13-9-17)21(22)23/h6-15H,2-5,16H2,1H3. The number of unbranched alkanes of at least 4 members (excludes halogenated alkanes) is 3. The molecule has 0 aliphatic carbocycles. The van der Waals surface area contributed by atoms with Crippen molar-refractivity contribution in [2.24, 2.45) is 0 Å². The molecular formula is C20H23NO3. The summed E-state index contributed by atoms with van der Waals surface area (Å²) in [6, 6.07) is 14.4. The van der Waals surface area contributed by atoms with Crippen LogP contribution in [0.25, 0.3) is 12.2 Å². The number of benzene rings is 2. The molecule has 24 heavy (non-hydrogen) atoms. The Hall–Kier alpha value is -2.62. The van der Waals surface area contributed by atoms with Crippen molar-refractivity contribution in [2.45, 2.75) is 32.6 Å². The third-order valence-electron chi connectivity index (χ3n) is 3.72. The van der Waals surface area contributed by atoms with E-state index < -0.39 is 4.92 Å². The van der Waals surface area contributed by atoms with Gasteiger partial charge in [0.25, 0.3) is 5.69 Å². The van der Waals surface area contributed by atoms with Gasteiger partial charge in [-0.05, 0) is 41.8 Å². The average molecular weight is 325 g/mol. The van der Waals surface area contributed by atoms with Crippen LogP contribution >= 0.6 is 0 Å². The van der Waals surface area contributed by atoms with Crippen LogP contribution in [0, 0.1) is 10.1 Å². The van der Waals surface area contributed by atoms with Gasteiger partial charge in [0.15, 0.2) is 0 Å². The highest BCUT2D eigenvalue weighted by atomic mass is 16.6. The number of rotatable bonds is 9. The lowest BCUT2D eigenvalue weighted by Crippen LogP contribution is -1.96. The summed E-state index contributed by atoms with van der Waals surface area (Å²) < 4.78 is 5.72. The molecule has 0 aromatic heterocycles. The van der Waals surface area contributed by atoms with Gasteiger partial charge in [-0.3, -0.25) is 10.1 Å². The van der Waals surface area contributed by atoms with E-state index in [4.69, 9.17) is 4.74 Å². The maximum absolute atomic E-state index is 10.6. The van der Waals surface area contributed by atoms with Crippen LogP contribution < -0.4 is 4.74 Å². The van der Waals surface area contributed by atoms with Crippen molar-refractivity contribution in [1.82, 2.24) is 0 Å². The Morgan fingerprint density at radius 2 is 1.50 bits per heavy atom. The van der Waals surface area contributed by atoms with Crippen LogP contribution in [0.4, 0.5) is 5.69 Å². The van der Waals surface area contributed by atoms with Gasteiger partial charge in [0.1, 0.15) is 5.75 Å². The van der Waals surface area contributed by atoms with Gasteiger partial charge in [-0.2, -0.15) is 0 Å². The summed E-state index contributed by atoms with van der Waals surface area (Å²) in [5, 5.41) is 10.6. The molecule has 0 N–H and O–H groups in total. The first-order chi connectivity index (χ1) is 11.7. The Labute approximate surface area is 142 Å². The quantitative estimate of drug-likeness (QED) is 0.256. The van der Waals surface area contributed by atoms with Gasteiger partial charge >= 0.3 is 0 Å². The van der Waals surface area contributed by atoms with Gasteiger partial charge in [0.2, 0.25) is 0 Å². The zero-order valence-corrected chi connectivity index (χ0v) is 14.0. The Morgan fingerprint density at radius 1 is 0.917 bits per heavy atom. The monoisotopic (exact) mass is 325 g/mol. The fourth-order valence-corrected chi connectivity index (χ4v) is 2.29. The first kappa shape index (κ1) is 17.7. The Kier molecular flexibility index (Phi) is 7.02. The summed E-state index contributed by atoms with van der Waals surface area (Å²) in [6.07, 6.45) is 8.71. The topological polar surface area (TPSA) is 52.4 Å². The second-order valence-corrected chi connectivity index (χ2v) is 5.66. The molecule has 0 spiro atoms. The predicted molar refractivity (Wildman–Crippen MR) is 98.1 cm³/mol. The lowest BCUT2D eigenvalue weighted by atomic mass is 10.1. The van der Waals surface area contributed by atoms with Crippen molar-refractivity contribution >= 4 is 17.8 Å². The van der Waals surface area contributed by atoms with Crippen molar-refractivity contribution < 1.29 is 9.66 Å². The number of nitro groups is 1. The van der Waals surface area contributed by atoms with E-state index in [2.05, 4.69) is 6.92 Å². The maximum atomic E-state index is 10.6. The second kappa shape index (κ2) is 9.50. The fraction of sp³-hybridized carbons (Fsp3) is 0.300. The van der Waals surface area contributed by atoms with Crippen molar-refractivity contribution in [1.29, 1.82) is 0 Å². The number of hydrogen-bond acceptors (Lipinski definition) is 3. The molecule has 0 radical (unpaired) electrons. The summed E-state index contributed by atoms with van der Waals surface area (Å²) in [7, 11) is 0. The van der Waals surface area contributed by atoms with Crippen LogP contribution in [-0.2, 0) is 0 Å². The van der Waals surface area contributed by atoms with E-state index >= 15 is 0 Å². The molecule has 2 rings (SSSR count). The molecule has 0 heterocycles. The number of nitrogens with zero attached hydrogens (tertiary/aromatic N) is 1. The van der Waals surface area contributed by atoms with Gasteiger partial charge in [-0.1, -0.05) is 50.5 Å². The van der Waals surface area contributed by atoms with Crippen LogP contribution in [0.5, 0.6) is 5.75 Å². The molecule has 0 bridgehead atoms. The van der Waals surface area contributed by atoms with Crippen molar-refractivity contribution in [3.8, 4) is 5.75 Å². The summed E-state index contributed by atoms with van der Waals surface area (Å²) in [4.78, 5) is 10.2. The van der Waals surface area contributed by atoms with Gasteiger partial charge in [0.05, 0.1) is 11.5 Å². The molecule has 0 amide bonds. The van der Waals surface area contributed by atoms with Crippen LogP contribution in [0.15, 0.2) is 48.5 Å². The Bertz CT molecular complexity index is 660. The predicted octanol–water partition coefficient (Wildman–Crippen LogP) is 5.72. The smallest absolute Gasteiger partial charge is 0.269 e.